The van der Waals surface area contributed by atoms with Gasteiger partial charge in [-0.1, -0.05) is 20.8 Å². The fourth-order valence-corrected chi connectivity index (χ4v) is 3.79. The molecular weight excluding hydrogens is 292 g/mol. The molecule has 1 heterocycles. The van der Waals surface area contributed by atoms with Crippen LogP contribution in [-0.4, -0.2) is 30.0 Å². The minimum absolute atomic E-state index is 0.0351. The Balaban J connectivity index is 2.98. The molecule has 1 rings (SSSR count). The molecule has 0 saturated heterocycles. The molecule has 0 spiro atoms. The van der Waals surface area contributed by atoms with Crippen molar-refractivity contribution in [2.75, 3.05) is 0 Å². The van der Waals surface area contributed by atoms with Gasteiger partial charge in [0.25, 0.3) is 10.0 Å². The van der Waals surface area contributed by atoms with Crippen molar-refractivity contribution < 1.29 is 18.3 Å². The molecular formula is C14H22N2O4S. The van der Waals surface area contributed by atoms with Crippen LogP contribution >= 0.6 is 0 Å². The van der Waals surface area contributed by atoms with E-state index in [1.54, 1.807) is 13.8 Å². The van der Waals surface area contributed by atoms with E-state index >= 15 is 0 Å². The first-order valence-corrected chi connectivity index (χ1v) is 8.04. The maximum Gasteiger partial charge on any atom is 0.337 e. The van der Waals surface area contributed by atoms with Crippen molar-refractivity contribution in [2.24, 2.45) is 5.41 Å². The van der Waals surface area contributed by atoms with E-state index in [2.05, 4.69) is 9.71 Å². The number of nitrogens with zero attached hydrogens (tertiary/aromatic N) is 1. The van der Waals surface area contributed by atoms with Gasteiger partial charge in [-0.15, -0.1) is 0 Å². The van der Waals surface area contributed by atoms with Crippen LogP contribution in [-0.2, 0) is 10.0 Å². The minimum atomic E-state index is -3.79. The van der Waals surface area contributed by atoms with Gasteiger partial charge in [0.2, 0.25) is 0 Å². The van der Waals surface area contributed by atoms with E-state index in [4.69, 9.17) is 5.11 Å². The maximum absolute atomic E-state index is 12.3. The highest BCUT2D eigenvalue weighted by Gasteiger charge is 2.31. The standard InChI is InChI=1S/C14H22N2O4S/c1-13(2,3)9-14(4,5)16-21(19,20)11-7-6-10(8-15-11)12(17)18/h6-8,16H,9H2,1-5H3,(H,17,18). The van der Waals surface area contributed by atoms with Gasteiger partial charge in [0, 0.05) is 11.7 Å². The topological polar surface area (TPSA) is 96.4 Å². The van der Waals surface area contributed by atoms with Gasteiger partial charge in [-0.05, 0) is 37.8 Å². The van der Waals surface area contributed by atoms with E-state index < -0.39 is 21.5 Å². The molecule has 0 aromatic carbocycles. The Kier molecular flexibility index (Phi) is 4.80. The molecule has 0 bridgehead atoms. The maximum atomic E-state index is 12.3. The zero-order valence-corrected chi connectivity index (χ0v) is 13.8. The van der Waals surface area contributed by atoms with Crippen LogP contribution in [0.15, 0.2) is 23.4 Å². The first kappa shape index (κ1) is 17.6. The molecule has 1 aromatic rings. The third kappa shape index (κ3) is 5.43. The summed E-state index contributed by atoms with van der Waals surface area (Å²) >= 11 is 0. The van der Waals surface area contributed by atoms with Gasteiger partial charge < -0.3 is 5.11 Å². The monoisotopic (exact) mass is 314 g/mol. The Morgan fingerprint density at radius 1 is 1.24 bits per heavy atom. The summed E-state index contributed by atoms with van der Waals surface area (Å²) in [5.41, 5.74) is -0.723. The summed E-state index contributed by atoms with van der Waals surface area (Å²) in [5.74, 6) is -1.15. The van der Waals surface area contributed by atoms with Gasteiger partial charge in [0.1, 0.15) is 0 Å². The Morgan fingerprint density at radius 3 is 2.19 bits per heavy atom. The molecule has 118 valence electrons. The van der Waals surface area contributed by atoms with Crippen molar-refractivity contribution in [1.29, 1.82) is 0 Å². The Labute approximate surface area is 125 Å². The molecule has 6 nitrogen and oxygen atoms in total. The molecule has 0 aliphatic rings. The van der Waals surface area contributed by atoms with Crippen molar-refractivity contribution in [3.63, 3.8) is 0 Å². The van der Waals surface area contributed by atoms with Gasteiger partial charge in [-0.25, -0.2) is 22.9 Å². The normalized spacial score (nSPS) is 13.2. The summed E-state index contributed by atoms with van der Waals surface area (Å²) < 4.78 is 27.2. The van der Waals surface area contributed by atoms with Crippen molar-refractivity contribution in [3.8, 4) is 0 Å². The fourth-order valence-electron chi connectivity index (χ4n) is 2.44. The quantitative estimate of drug-likeness (QED) is 0.869. The molecule has 2 N–H and O–H groups in total. The number of hydrogen-bond acceptors (Lipinski definition) is 4. The van der Waals surface area contributed by atoms with Crippen LogP contribution in [0, 0.1) is 5.41 Å². The molecule has 0 radical (unpaired) electrons. The number of rotatable bonds is 5. The number of aromatic carboxylic acids is 1. The molecule has 0 unspecified atom stereocenters. The number of carboxylic acid groups (broad SMARTS) is 1. The number of carbonyl (C=O) groups is 1. The lowest BCUT2D eigenvalue weighted by Gasteiger charge is -2.32. The Bertz CT molecular complexity index is 613. The zero-order valence-electron chi connectivity index (χ0n) is 13.0. The van der Waals surface area contributed by atoms with Crippen LogP contribution in [0.2, 0.25) is 0 Å². The molecule has 0 aliphatic carbocycles. The second kappa shape index (κ2) is 5.73. The average Bonchev–Trinajstić information content (AvgIpc) is 2.24. The predicted molar refractivity (Wildman–Crippen MR) is 79.7 cm³/mol. The third-order valence-electron chi connectivity index (χ3n) is 2.64. The molecule has 0 amide bonds. The summed E-state index contributed by atoms with van der Waals surface area (Å²) in [6, 6.07) is 2.42. The van der Waals surface area contributed by atoms with E-state index in [1.807, 2.05) is 20.8 Å². The van der Waals surface area contributed by atoms with Gasteiger partial charge in [-0.3, -0.25) is 0 Å². The highest BCUT2D eigenvalue weighted by molar-refractivity contribution is 7.89. The summed E-state index contributed by atoms with van der Waals surface area (Å²) in [6.07, 6.45) is 1.68. The lowest BCUT2D eigenvalue weighted by Crippen LogP contribution is -2.45. The second-order valence-electron chi connectivity index (χ2n) is 6.92. The first-order valence-electron chi connectivity index (χ1n) is 6.56. The largest absolute Gasteiger partial charge is 0.478 e. The number of nitrogens with one attached hydrogen (secondary N) is 1. The van der Waals surface area contributed by atoms with Crippen molar-refractivity contribution in [2.45, 2.75) is 51.6 Å². The minimum Gasteiger partial charge on any atom is -0.478 e. The van der Waals surface area contributed by atoms with Crippen molar-refractivity contribution >= 4 is 16.0 Å². The lowest BCUT2D eigenvalue weighted by molar-refractivity contribution is 0.0696. The molecule has 0 fully saturated rings. The Hall–Kier alpha value is -1.47. The van der Waals surface area contributed by atoms with E-state index in [9.17, 15) is 13.2 Å². The van der Waals surface area contributed by atoms with E-state index in [0.717, 1.165) is 6.20 Å². The summed E-state index contributed by atoms with van der Waals surface area (Å²) in [7, 11) is -3.79. The second-order valence-corrected chi connectivity index (χ2v) is 8.55. The summed E-state index contributed by atoms with van der Waals surface area (Å²) in [5, 5.41) is 8.60. The smallest absolute Gasteiger partial charge is 0.337 e. The van der Waals surface area contributed by atoms with E-state index in [0.29, 0.717) is 6.42 Å². The van der Waals surface area contributed by atoms with Crippen LogP contribution in [0.3, 0.4) is 0 Å². The van der Waals surface area contributed by atoms with Crippen LogP contribution in [0.25, 0.3) is 0 Å². The van der Waals surface area contributed by atoms with Crippen LogP contribution in [0.5, 0.6) is 0 Å². The number of carboxylic acids is 1. The van der Waals surface area contributed by atoms with Gasteiger partial charge in [-0.2, -0.15) is 0 Å². The summed E-state index contributed by atoms with van der Waals surface area (Å²) in [6.45, 7) is 9.71. The van der Waals surface area contributed by atoms with Crippen LogP contribution in [0.1, 0.15) is 51.4 Å². The third-order valence-corrected chi connectivity index (χ3v) is 4.26. The number of aromatic nitrogens is 1. The SMILES string of the molecule is CC(C)(C)CC(C)(C)NS(=O)(=O)c1ccc(C(=O)O)cn1. The van der Waals surface area contributed by atoms with Crippen LogP contribution < -0.4 is 4.72 Å². The predicted octanol–water partition coefficient (Wildman–Crippen LogP) is 2.27. The number of hydrogen-bond donors (Lipinski definition) is 2. The van der Waals surface area contributed by atoms with Gasteiger partial charge in [0.15, 0.2) is 5.03 Å². The molecule has 7 heteroatoms. The fraction of sp³-hybridized carbons (Fsp3) is 0.571. The highest BCUT2D eigenvalue weighted by Crippen LogP contribution is 2.28. The van der Waals surface area contributed by atoms with E-state index in [1.165, 1.54) is 12.1 Å². The van der Waals surface area contributed by atoms with Crippen molar-refractivity contribution in [1.82, 2.24) is 9.71 Å². The van der Waals surface area contributed by atoms with Gasteiger partial charge >= 0.3 is 5.97 Å². The molecule has 0 atom stereocenters. The number of pyridine rings is 1. The Morgan fingerprint density at radius 2 is 1.81 bits per heavy atom. The number of sulfonamides is 1. The first-order chi connectivity index (χ1) is 9.32. The molecule has 1 aromatic heterocycles. The van der Waals surface area contributed by atoms with E-state index in [-0.39, 0.29) is 16.0 Å². The molecule has 21 heavy (non-hydrogen) atoms. The highest BCUT2D eigenvalue weighted by atomic mass is 32.2. The lowest BCUT2D eigenvalue weighted by atomic mass is 9.82. The summed E-state index contributed by atoms with van der Waals surface area (Å²) in [4.78, 5) is 14.5. The average molecular weight is 314 g/mol. The van der Waals surface area contributed by atoms with Crippen molar-refractivity contribution in [3.05, 3.63) is 23.9 Å². The zero-order chi connectivity index (χ0) is 16.5. The molecule has 0 aliphatic heterocycles. The van der Waals surface area contributed by atoms with Gasteiger partial charge in [0.05, 0.1) is 5.56 Å². The van der Waals surface area contributed by atoms with Crippen LogP contribution in [0.4, 0.5) is 0 Å². The molecule has 0 saturated carbocycles.